The van der Waals surface area contributed by atoms with Crippen LogP contribution in [0.25, 0.3) is 0 Å². The van der Waals surface area contributed by atoms with E-state index in [9.17, 15) is 4.79 Å². The minimum atomic E-state index is -0.0321. The van der Waals surface area contributed by atoms with Crippen LogP contribution in [0.4, 0.5) is 5.69 Å². The van der Waals surface area contributed by atoms with E-state index in [-0.39, 0.29) is 18.1 Å². The first-order chi connectivity index (χ1) is 13.9. The molecule has 1 unspecified atom stereocenters. The summed E-state index contributed by atoms with van der Waals surface area (Å²) in [5.74, 6) is 1.78. The highest BCUT2D eigenvalue weighted by molar-refractivity contribution is 5.78. The van der Waals surface area contributed by atoms with Crippen molar-refractivity contribution in [3.05, 3.63) is 54.1 Å². The molecule has 2 aromatic rings. The van der Waals surface area contributed by atoms with Crippen LogP contribution in [0.1, 0.15) is 25.5 Å². The molecule has 3 rings (SSSR count). The third kappa shape index (κ3) is 5.87. The molecule has 1 aliphatic heterocycles. The summed E-state index contributed by atoms with van der Waals surface area (Å²) in [4.78, 5) is 16.1. The van der Waals surface area contributed by atoms with Gasteiger partial charge in [-0.25, -0.2) is 0 Å². The second kappa shape index (κ2) is 9.65. The molecule has 6 heteroatoms. The maximum absolute atomic E-state index is 11.9. The van der Waals surface area contributed by atoms with Crippen molar-refractivity contribution in [2.24, 2.45) is 0 Å². The van der Waals surface area contributed by atoms with Crippen molar-refractivity contribution in [3.63, 3.8) is 0 Å². The van der Waals surface area contributed by atoms with Gasteiger partial charge in [0.2, 0.25) is 5.91 Å². The summed E-state index contributed by atoms with van der Waals surface area (Å²) in [6, 6.07) is 16.1. The molecule has 2 aromatic carbocycles. The van der Waals surface area contributed by atoms with E-state index in [1.54, 1.807) is 0 Å². The van der Waals surface area contributed by atoms with Gasteiger partial charge in [0.25, 0.3) is 0 Å². The van der Waals surface area contributed by atoms with Crippen LogP contribution in [0.15, 0.2) is 48.5 Å². The summed E-state index contributed by atoms with van der Waals surface area (Å²) in [5, 5.41) is 3.01. The summed E-state index contributed by atoms with van der Waals surface area (Å²) in [5.41, 5.74) is 2.25. The van der Waals surface area contributed by atoms with Crippen molar-refractivity contribution >= 4 is 11.6 Å². The Morgan fingerprint density at radius 3 is 2.31 bits per heavy atom. The molecule has 0 aliphatic carbocycles. The number of hydrogen-bond acceptors (Lipinski definition) is 5. The Morgan fingerprint density at radius 1 is 1.10 bits per heavy atom. The molecule has 1 aliphatic rings. The zero-order valence-electron chi connectivity index (χ0n) is 17.7. The molecule has 1 saturated heterocycles. The van der Waals surface area contributed by atoms with Crippen LogP contribution in [-0.4, -0.2) is 57.2 Å². The number of nitrogens with one attached hydrogen (secondary N) is 1. The molecule has 1 atom stereocenters. The Kier molecular flexibility index (Phi) is 6.99. The van der Waals surface area contributed by atoms with Crippen LogP contribution in [0, 0.1) is 0 Å². The fraction of sp³-hybridized carbons (Fsp3) is 0.435. The van der Waals surface area contributed by atoms with E-state index in [0.29, 0.717) is 13.2 Å². The molecule has 1 N–H and O–H groups in total. The van der Waals surface area contributed by atoms with E-state index < -0.39 is 0 Å². The predicted molar refractivity (Wildman–Crippen MR) is 116 cm³/mol. The number of benzene rings is 2. The summed E-state index contributed by atoms with van der Waals surface area (Å²) in [7, 11) is 3.77. The summed E-state index contributed by atoms with van der Waals surface area (Å²) in [6.45, 7) is 6.78. The van der Waals surface area contributed by atoms with Crippen molar-refractivity contribution in [1.29, 1.82) is 0 Å². The molecule has 0 spiro atoms. The van der Waals surface area contributed by atoms with Gasteiger partial charge in [-0.3, -0.25) is 4.79 Å². The lowest BCUT2D eigenvalue weighted by molar-refractivity contribution is -0.122. The number of likely N-dealkylation sites (N-methyl/N-ethyl adjacent to an activating group) is 1. The van der Waals surface area contributed by atoms with Gasteiger partial charge in [-0.15, -0.1) is 0 Å². The fourth-order valence-corrected chi connectivity index (χ4v) is 3.33. The van der Waals surface area contributed by atoms with E-state index in [4.69, 9.17) is 9.47 Å². The molecule has 1 heterocycles. The lowest BCUT2D eigenvalue weighted by Crippen LogP contribution is -2.54. The molecule has 0 bridgehead atoms. The molecule has 29 heavy (non-hydrogen) atoms. The number of anilines is 1. The summed E-state index contributed by atoms with van der Waals surface area (Å²) >= 11 is 0. The van der Waals surface area contributed by atoms with E-state index >= 15 is 0 Å². The molecule has 1 fully saturated rings. The minimum Gasteiger partial charge on any atom is -0.494 e. The van der Waals surface area contributed by atoms with Crippen LogP contribution < -0.4 is 19.7 Å². The summed E-state index contributed by atoms with van der Waals surface area (Å²) in [6.07, 6.45) is 0.185. The normalized spacial score (nSPS) is 15.0. The van der Waals surface area contributed by atoms with Gasteiger partial charge in [-0.2, -0.15) is 0 Å². The van der Waals surface area contributed by atoms with Crippen LogP contribution in [0.5, 0.6) is 11.5 Å². The smallest absolute Gasteiger partial charge is 0.234 e. The molecule has 1 amide bonds. The number of rotatable bonds is 9. The quantitative estimate of drug-likeness (QED) is 0.705. The van der Waals surface area contributed by atoms with Gasteiger partial charge in [0, 0.05) is 5.69 Å². The van der Waals surface area contributed by atoms with Gasteiger partial charge >= 0.3 is 0 Å². The number of nitrogens with zero attached hydrogens (tertiary/aromatic N) is 2. The van der Waals surface area contributed by atoms with Crippen molar-refractivity contribution in [2.75, 3.05) is 45.2 Å². The van der Waals surface area contributed by atoms with E-state index in [1.807, 2.05) is 69.2 Å². The Balaban J connectivity index is 1.45. The first kappa shape index (κ1) is 21.0. The third-order valence-corrected chi connectivity index (χ3v) is 4.88. The monoisotopic (exact) mass is 397 g/mol. The van der Waals surface area contributed by atoms with Crippen LogP contribution >= 0.6 is 0 Å². The Hall–Kier alpha value is -2.73. The minimum absolute atomic E-state index is 0.0201. The van der Waals surface area contributed by atoms with E-state index in [1.165, 1.54) is 5.69 Å². The van der Waals surface area contributed by atoms with Gasteiger partial charge in [0.1, 0.15) is 17.6 Å². The van der Waals surface area contributed by atoms with Gasteiger partial charge < -0.3 is 24.6 Å². The lowest BCUT2D eigenvalue weighted by atomic mass is 10.1. The highest BCUT2D eigenvalue weighted by Crippen LogP contribution is 2.26. The van der Waals surface area contributed by atoms with Crippen molar-refractivity contribution < 1.29 is 14.3 Å². The maximum Gasteiger partial charge on any atom is 0.234 e. The number of carbonyl (C=O) groups is 1. The Labute approximate surface area is 173 Å². The molecule has 156 valence electrons. The second-order valence-corrected chi connectivity index (χ2v) is 7.67. The Morgan fingerprint density at radius 2 is 1.72 bits per heavy atom. The Bertz CT molecular complexity index is 784. The SMILES string of the molecule is CCOc1ccc(N2CC(Oc3ccc(C(C)NC(=O)CN(C)C)cc3)C2)cc1. The lowest BCUT2D eigenvalue weighted by Gasteiger charge is -2.40. The molecule has 0 aromatic heterocycles. The molecular weight excluding hydrogens is 366 g/mol. The maximum atomic E-state index is 11.9. The third-order valence-electron chi connectivity index (χ3n) is 4.88. The highest BCUT2D eigenvalue weighted by atomic mass is 16.5. The van der Waals surface area contributed by atoms with Crippen molar-refractivity contribution in [1.82, 2.24) is 10.2 Å². The largest absolute Gasteiger partial charge is 0.494 e. The average molecular weight is 398 g/mol. The van der Waals surface area contributed by atoms with Crippen molar-refractivity contribution in [2.45, 2.75) is 26.0 Å². The molecular formula is C23H31N3O3. The first-order valence-corrected chi connectivity index (χ1v) is 10.1. The van der Waals surface area contributed by atoms with Crippen LogP contribution in [-0.2, 0) is 4.79 Å². The number of carbonyl (C=O) groups excluding carboxylic acids is 1. The highest BCUT2D eigenvalue weighted by Gasteiger charge is 2.28. The number of amides is 1. The van der Waals surface area contributed by atoms with Crippen LogP contribution in [0.3, 0.4) is 0 Å². The zero-order chi connectivity index (χ0) is 20.8. The first-order valence-electron chi connectivity index (χ1n) is 10.1. The average Bonchev–Trinajstić information content (AvgIpc) is 2.65. The summed E-state index contributed by atoms with van der Waals surface area (Å²) < 4.78 is 11.6. The fourth-order valence-electron chi connectivity index (χ4n) is 3.33. The zero-order valence-corrected chi connectivity index (χ0v) is 17.7. The number of hydrogen-bond donors (Lipinski definition) is 1. The van der Waals surface area contributed by atoms with E-state index in [0.717, 1.165) is 30.2 Å². The van der Waals surface area contributed by atoms with Crippen molar-refractivity contribution in [3.8, 4) is 11.5 Å². The molecule has 6 nitrogen and oxygen atoms in total. The number of ether oxygens (including phenoxy) is 2. The molecule has 0 radical (unpaired) electrons. The standard InChI is InChI=1S/C23H31N3O3/c1-5-28-20-12-8-19(9-13-20)26-14-22(15-26)29-21-10-6-18(7-11-21)17(2)24-23(27)16-25(3)4/h6-13,17,22H,5,14-16H2,1-4H3,(H,24,27). The van der Waals surface area contributed by atoms with Crippen LogP contribution in [0.2, 0.25) is 0 Å². The topological polar surface area (TPSA) is 54.0 Å². The van der Waals surface area contributed by atoms with Gasteiger partial charge in [-0.1, -0.05) is 12.1 Å². The molecule has 0 saturated carbocycles. The second-order valence-electron chi connectivity index (χ2n) is 7.67. The van der Waals surface area contributed by atoms with E-state index in [2.05, 4.69) is 22.3 Å². The van der Waals surface area contributed by atoms with Gasteiger partial charge in [0.05, 0.1) is 32.3 Å². The van der Waals surface area contributed by atoms with Gasteiger partial charge in [-0.05, 0) is 69.9 Å². The van der Waals surface area contributed by atoms with Gasteiger partial charge in [0.15, 0.2) is 0 Å². The predicted octanol–water partition coefficient (Wildman–Crippen LogP) is 3.09.